The molecule has 2 N–H and O–H groups in total. The highest BCUT2D eigenvalue weighted by atomic mass is 32.2. The van der Waals surface area contributed by atoms with Crippen LogP contribution in [0.25, 0.3) is 0 Å². The second-order valence-corrected chi connectivity index (χ2v) is 10.6. The first-order chi connectivity index (χ1) is 14.2. The number of benzene rings is 1. The van der Waals surface area contributed by atoms with Crippen molar-refractivity contribution in [3.8, 4) is 0 Å². The van der Waals surface area contributed by atoms with Crippen molar-refractivity contribution in [2.24, 2.45) is 5.73 Å². The average Bonchev–Trinajstić information content (AvgIpc) is 3.18. The molecule has 0 aliphatic carbocycles. The van der Waals surface area contributed by atoms with Crippen LogP contribution in [0, 0.1) is 5.82 Å². The van der Waals surface area contributed by atoms with E-state index in [-0.39, 0.29) is 16.2 Å². The molecule has 2 heterocycles. The van der Waals surface area contributed by atoms with Crippen molar-refractivity contribution in [3.05, 3.63) is 52.7 Å². The van der Waals surface area contributed by atoms with Gasteiger partial charge in [-0.1, -0.05) is 18.6 Å². The quantitative estimate of drug-likeness (QED) is 0.695. The van der Waals surface area contributed by atoms with Crippen molar-refractivity contribution < 1.29 is 22.4 Å². The summed E-state index contributed by atoms with van der Waals surface area (Å²) < 4.78 is 40.8. The summed E-state index contributed by atoms with van der Waals surface area (Å²) in [7, 11) is -2.15. The predicted octanol–water partition coefficient (Wildman–Crippen LogP) is 2.29. The number of hydrogen-bond donors (Lipinski definition) is 1. The minimum Gasteiger partial charge on any atom is -0.368 e. The van der Waals surface area contributed by atoms with Gasteiger partial charge in [0.2, 0.25) is 11.8 Å². The summed E-state index contributed by atoms with van der Waals surface area (Å²) in [5.74, 6) is -1.74. The fourth-order valence-electron chi connectivity index (χ4n) is 3.50. The van der Waals surface area contributed by atoms with E-state index in [0.717, 1.165) is 41.6 Å². The van der Waals surface area contributed by atoms with Crippen molar-refractivity contribution in [1.29, 1.82) is 0 Å². The molecule has 30 heavy (non-hydrogen) atoms. The molecule has 3 rings (SSSR count). The number of hydrogen-bond acceptors (Lipinski definition) is 5. The number of sulfonamides is 1. The van der Waals surface area contributed by atoms with Gasteiger partial charge in [0.25, 0.3) is 10.0 Å². The molecule has 0 saturated carbocycles. The summed E-state index contributed by atoms with van der Waals surface area (Å²) in [6.45, 7) is 1.01. The summed E-state index contributed by atoms with van der Waals surface area (Å²) in [5, 5.41) is 0. The van der Waals surface area contributed by atoms with E-state index < -0.39 is 33.7 Å². The SMILES string of the molecule is CN(C(=O)Cc1ccc(S(=O)(=O)N2CCCCC2)s1)C(C(N)=O)c1cccc(F)c1. The van der Waals surface area contributed by atoms with Crippen molar-refractivity contribution in [3.63, 3.8) is 0 Å². The number of rotatable bonds is 7. The van der Waals surface area contributed by atoms with Gasteiger partial charge in [-0.25, -0.2) is 12.8 Å². The van der Waals surface area contributed by atoms with Gasteiger partial charge in [-0.05, 0) is 42.7 Å². The molecule has 162 valence electrons. The van der Waals surface area contributed by atoms with E-state index in [1.807, 2.05) is 0 Å². The Morgan fingerprint density at radius 3 is 2.53 bits per heavy atom. The third kappa shape index (κ3) is 4.88. The number of primary amides is 1. The Kier molecular flexibility index (Phi) is 6.89. The smallest absolute Gasteiger partial charge is 0.252 e. The number of carbonyl (C=O) groups is 2. The summed E-state index contributed by atoms with van der Waals surface area (Å²) in [6.07, 6.45) is 2.62. The molecule has 1 unspecified atom stereocenters. The number of nitrogens with two attached hydrogens (primary N) is 1. The van der Waals surface area contributed by atoms with Crippen molar-refractivity contribution in [1.82, 2.24) is 9.21 Å². The summed E-state index contributed by atoms with van der Waals surface area (Å²) >= 11 is 1.04. The molecule has 0 radical (unpaired) electrons. The van der Waals surface area contributed by atoms with Crippen LogP contribution in [0.1, 0.15) is 35.7 Å². The van der Waals surface area contributed by atoms with Crippen LogP contribution in [0.15, 0.2) is 40.6 Å². The Labute approximate surface area is 179 Å². The second-order valence-electron chi connectivity index (χ2n) is 7.23. The largest absolute Gasteiger partial charge is 0.368 e. The monoisotopic (exact) mass is 453 g/mol. The zero-order valence-corrected chi connectivity index (χ0v) is 18.2. The number of piperidine rings is 1. The van der Waals surface area contributed by atoms with Gasteiger partial charge in [0.15, 0.2) is 0 Å². The summed E-state index contributed by atoms with van der Waals surface area (Å²) in [4.78, 5) is 26.4. The van der Waals surface area contributed by atoms with Gasteiger partial charge in [0, 0.05) is 25.0 Å². The maximum Gasteiger partial charge on any atom is 0.252 e. The molecule has 0 bridgehead atoms. The fraction of sp³-hybridized carbons (Fsp3) is 0.400. The van der Waals surface area contributed by atoms with E-state index in [4.69, 9.17) is 5.73 Å². The third-order valence-corrected chi connectivity index (χ3v) is 8.54. The van der Waals surface area contributed by atoms with Crippen LogP contribution in [0.5, 0.6) is 0 Å². The third-order valence-electron chi connectivity index (χ3n) is 5.09. The van der Waals surface area contributed by atoms with Crippen LogP contribution in [-0.4, -0.2) is 49.6 Å². The average molecular weight is 454 g/mol. The molecule has 1 aromatic heterocycles. The number of amides is 2. The van der Waals surface area contributed by atoms with Crippen LogP contribution in [-0.2, 0) is 26.0 Å². The first-order valence-corrected chi connectivity index (χ1v) is 11.8. The van der Waals surface area contributed by atoms with Crippen LogP contribution >= 0.6 is 11.3 Å². The molecule has 2 amide bonds. The fourth-order valence-corrected chi connectivity index (χ4v) is 6.52. The van der Waals surface area contributed by atoms with E-state index in [1.54, 1.807) is 6.07 Å². The lowest BCUT2D eigenvalue weighted by molar-refractivity contribution is -0.137. The number of likely N-dealkylation sites (N-methyl/N-ethyl adjacent to an activating group) is 1. The number of halogens is 1. The minimum absolute atomic E-state index is 0.0875. The number of nitrogens with zero attached hydrogens (tertiary/aromatic N) is 2. The maximum absolute atomic E-state index is 13.6. The number of carbonyl (C=O) groups excluding carboxylic acids is 2. The highest BCUT2D eigenvalue weighted by Crippen LogP contribution is 2.28. The molecule has 7 nitrogen and oxygen atoms in total. The van der Waals surface area contributed by atoms with Crippen LogP contribution < -0.4 is 5.73 Å². The van der Waals surface area contributed by atoms with E-state index in [2.05, 4.69) is 0 Å². The van der Waals surface area contributed by atoms with Crippen molar-refractivity contribution in [2.45, 2.75) is 35.9 Å². The van der Waals surface area contributed by atoms with Crippen LogP contribution in [0.4, 0.5) is 4.39 Å². The zero-order chi connectivity index (χ0) is 21.9. The normalized spacial score (nSPS) is 16.2. The molecule has 0 spiro atoms. The van der Waals surface area contributed by atoms with Crippen LogP contribution in [0.2, 0.25) is 0 Å². The molecular formula is C20H24FN3O4S2. The predicted molar refractivity (Wildman–Crippen MR) is 112 cm³/mol. The van der Waals surface area contributed by atoms with E-state index in [0.29, 0.717) is 18.0 Å². The summed E-state index contributed by atoms with van der Waals surface area (Å²) in [6, 6.07) is 7.36. The maximum atomic E-state index is 13.6. The Morgan fingerprint density at radius 1 is 1.20 bits per heavy atom. The standard InChI is InChI=1S/C20H24FN3O4S2/c1-23(19(20(22)26)14-6-5-7-15(21)12-14)17(25)13-16-8-9-18(29-16)30(27,28)24-10-3-2-4-11-24/h5-9,12,19H,2-4,10-11,13H2,1H3,(H2,22,26). The van der Waals surface area contributed by atoms with Gasteiger partial charge >= 0.3 is 0 Å². The first kappa shape index (κ1) is 22.4. The molecule has 1 aliphatic rings. The second kappa shape index (κ2) is 9.23. The van der Waals surface area contributed by atoms with Gasteiger partial charge in [0.05, 0.1) is 6.42 Å². The lowest BCUT2D eigenvalue weighted by Gasteiger charge is -2.26. The van der Waals surface area contributed by atoms with E-state index in [9.17, 15) is 22.4 Å². The van der Waals surface area contributed by atoms with E-state index in [1.165, 1.54) is 35.6 Å². The molecule has 1 saturated heterocycles. The van der Waals surface area contributed by atoms with Gasteiger partial charge in [-0.3, -0.25) is 9.59 Å². The molecular weight excluding hydrogens is 429 g/mol. The zero-order valence-electron chi connectivity index (χ0n) is 16.6. The lowest BCUT2D eigenvalue weighted by Crippen LogP contribution is -2.39. The number of thiophene rings is 1. The lowest BCUT2D eigenvalue weighted by atomic mass is 10.0. The topological polar surface area (TPSA) is 101 Å². The molecule has 10 heteroatoms. The van der Waals surface area contributed by atoms with Crippen LogP contribution in [0.3, 0.4) is 0 Å². The molecule has 1 fully saturated rings. The first-order valence-electron chi connectivity index (χ1n) is 9.59. The molecule has 1 aromatic carbocycles. The Hall–Kier alpha value is -2.30. The van der Waals surface area contributed by atoms with Gasteiger partial charge in [0.1, 0.15) is 16.1 Å². The van der Waals surface area contributed by atoms with Gasteiger partial charge in [-0.2, -0.15) is 4.31 Å². The van der Waals surface area contributed by atoms with Gasteiger partial charge < -0.3 is 10.6 Å². The molecule has 1 atom stereocenters. The van der Waals surface area contributed by atoms with Crippen molar-refractivity contribution in [2.75, 3.05) is 20.1 Å². The van der Waals surface area contributed by atoms with Crippen molar-refractivity contribution >= 4 is 33.2 Å². The minimum atomic E-state index is -3.56. The Morgan fingerprint density at radius 2 is 1.90 bits per heavy atom. The highest BCUT2D eigenvalue weighted by Gasteiger charge is 2.29. The van der Waals surface area contributed by atoms with Gasteiger partial charge in [-0.15, -0.1) is 11.3 Å². The summed E-state index contributed by atoms with van der Waals surface area (Å²) in [5.41, 5.74) is 5.73. The van der Waals surface area contributed by atoms with E-state index >= 15 is 0 Å². The Balaban J connectivity index is 1.74. The molecule has 1 aliphatic heterocycles. The highest BCUT2D eigenvalue weighted by molar-refractivity contribution is 7.91. The molecule has 2 aromatic rings. The Bertz CT molecular complexity index is 1030.